The molecule has 4 aromatic rings. The molecule has 0 unspecified atom stereocenters. The number of carbonyl (C=O) groups excluding carboxylic acids is 1. The van der Waals surface area contributed by atoms with E-state index in [2.05, 4.69) is 29.4 Å². The number of nitrogen functional groups attached to an aromatic ring is 1. The van der Waals surface area contributed by atoms with Gasteiger partial charge in [0.2, 0.25) is 6.41 Å². The summed E-state index contributed by atoms with van der Waals surface area (Å²) in [5.41, 5.74) is 11.6. The predicted molar refractivity (Wildman–Crippen MR) is 104 cm³/mol. The molecule has 1 amide bonds. The van der Waals surface area contributed by atoms with Crippen LogP contribution in [0.25, 0.3) is 32.8 Å². The van der Waals surface area contributed by atoms with Gasteiger partial charge in [-0.05, 0) is 53.3 Å². The van der Waals surface area contributed by atoms with Gasteiger partial charge in [-0.15, -0.1) is 0 Å². The number of nitrogens with zero attached hydrogens (tertiary/aromatic N) is 1. The van der Waals surface area contributed by atoms with Crippen LogP contribution in [0.1, 0.15) is 5.56 Å². The summed E-state index contributed by atoms with van der Waals surface area (Å²) in [5, 5.41) is 5.77. The zero-order chi connectivity index (χ0) is 17.4. The van der Waals surface area contributed by atoms with Crippen molar-refractivity contribution in [1.29, 1.82) is 0 Å². The van der Waals surface area contributed by atoms with Crippen LogP contribution in [0.5, 0.6) is 0 Å². The predicted octanol–water partition coefficient (Wildman–Crippen LogP) is 4.51. The third-order valence-corrected chi connectivity index (χ3v) is 4.55. The molecule has 3 N–H and O–H groups in total. The molecule has 3 aromatic carbocycles. The summed E-state index contributed by atoms with van der Waals surface area (Å²) in [4.78, 5) is 15.6. The summed E-state index contributed by atoms with van der Waals surface area (Å²) in [7, 11) is 0. The molecule has 4 heteroatoms. The molecule has 0 spiro atoms. The normalized spacial score (nSPS) is 10.9. The Bertz CT molecular complexity index is 1100. The summed E-state index contributed by atoms with van der Waals surface area (Å²) in [6.07, 6.45) is 2.50. The minimum Gasteiger partial charge on any atom is -0.399 e. The molecule has 25 heavy (non-hydrogen) atoms. The number of carbonyl (C=O) groups is 1. The quantitative estimate of drug-likeness (QED) is 0.330. The van der Waals surface area contributed by atoms with Crippen LogP contribution >= 0.6 is 0 Å². The van der Waals surface area contributed by atoms with Crippen LogP contribution in [0, 0.1) is 6.92 Å². The number of anilines is 2. The van der Waals surface area contributed by atoms with Gasteiger partial charge in [0.25, 0.3) is 0 Å². The minimum atomic E-state index is 0.691. The molecule has 0 aliphatic rings. The Morgan fingerprint density at radius 3 is 2.60 bits per heavy atom. The van der Waals surface area contributed by atoms with E-state index in [4.69, 9.17) is 5.73 Å². The van der Waals surface area contributed by atoms with Crippen LogP contribution in [0.3, 0.4) is 0 Å². The molecule has 1 aromatic heterocycles. The van der Waals surface area contributed by atoms with Crippen molar-refractivity contribution in [3.8, 4) is 11.1 Å². The second kappa shape index (κ2) is 5.91. The maximum atomic E-state index is 11.1. The van der Waals surface area contributed by atoms with E-state index in [0.717, 1.165) is 44.1 Å². The first-order valence-electron chi connectivity index (χ1n) is 8.06. The molecule has 0 fully saturated rings. The minimum absolute atomic E-state index is 0.691. The van der Waals surface area contributed by atoms with Crippen molar-refractivity contribution < 1.29 is 4.79 Å². The van der Waals surface area contributed by atoms with E-state index < -0.39 is 0 Å². The Morgan fingerprint density at radius 1 is 1.04 bits per heavy atom. The number of fused-ring (bicyclic) bond motifs is 3. The Balaban J connectivity index is 2.18. The van der Waals surface area contributed by atoms with E-state index in [1.165, 1.54) is 0 Å². The second-order valence-corrected chi connectivity index (χ2v) is 6.05. The zero-order valence-electron chi connectivity index (χ0n) is 13.8. The van der Waals surface area contributed by atoms with Gasteiger partial charge in [-0.1, -0.05) is 30.3 Å². The fourth-order valence-electron chi connectivity index (χ4n) is 3.38. The molecule has 0 aliphatic carbocycles. The average molecular weight is 327 g/mol. The maximum absolute atomic E-state index is 11.1. The van der Waals surface area contributed by atoms with Crippen LogP contribution < -0.4 is 11.1 Å². The number of pyridine rings is 1. The zero-order valence-corrected chi connectivity index (χ0v) is 13.8. The number of amides is 1. The number of aryl methyl sites for hydroxylation is 1. The number of aromatic nitrogens is 1. The maximum Gasteiger partial charge on any atom is 0.211 e. The van der Waals surface area contributed by atoms with Gasteiger partial charge < -0.3 is 11.1 Å². The standard InChI is InChI=1S/C21H17N3O/c1-13-16(14-5-3-2-4-6-14)10-20(24-12-25)18-11-23-19-8-7-15(22)9-17(19)21(13)18/h2-12H,22H2,1H3,(H,24,25). The van der Waals surface area contributed by atoms with Crippen molar-refractivity contribution in [2.75, 3.05) is 11.1 Å². The van der Waals surface area contributed by atoms with Gasteiger partial charge >= 0.3 is 0 Å². The first-order chi connectivity index (χ1) is 12.2. The number of rotatable bonds is 3. The van der Waals surface area contributed by atoms with Crippen molar-refractivity contribution in [1.82, 2.24) is 4.98 Å². The fraction of sp³-hybridized carbons (Fsp3) is 0.0476. The molecular formula is C21H17N3O. The van der Waals surface area contributed by atoms with Crippen molar-refractivity contribution in [2.45, 2.75) is 6.92 Å². The third kappa shape index (κ3) is 2.48. The highest BCUT2D eigenvalue weighted by atomic mass is 16.1. The molecule has 4 rings (SSSR count). The van der Waals surface area contributed by atoms with Gasteiger partial charge in [0.15, 0.2) is 0 Å². The monoisotopic (exact) mass is 327 g/mol. The number of nitrogens with two attached hydrogens (primary N) is 1. The Hall–Kier alpha value is -3.40. The Kier molecular flexibility index (Phi) is 3.58. The highest BCUT2D eigenvalue weighted by molar-refractivity contribution is 6.15. The molecule has 122 valence electrons. The SMILES string of the molecule is Cc1c(-c2ccccc2)cc(NC=O)c2cnc3ccc(N)cc3c12. The van der Waals surface area contributed by atoms with Gasteiger partial charge in [0.1, 0.15) is 0 Å². The van der Waals surface area contributed by atoms with E-state index >= 15 is 0 Å². The average Bonchev–Trinajstić information content (AvgIpc) is 2.64. The van der Waals surface area contributed by atoms with Crippen LogP contribution in [-0.4, -0.2) is 11.4 Å². The molecule has 0 bridgehead atoms. The summed E-state index contributed by atoms with van der Waals surface area (Å²) in [6, 6.07) is 17.9. The molecule has 0 saturated heterocycles. The van der Waals surface area contributed by atoms with Gasteiger partial charge in [-0.25, -0.2) is 0 Å². The molecule has 4 nitrogen and oxygen atoms in total. The molecule has 0 aliphatic heterocycles. The largest absolute Gasteiger partial charge is 0.399 e. The highest BCUT2D eigenvalue weighted by Gasteiger charge is 2.14. The van der Waals surface area contributed by atoms with E-state index in [-0.39, 0.29) is 0 Å². The van der Waals surface area contributed by atoms with Crippen molar-refractivity contribution >= 4 is 39.5 Å². The Morgan fingerprint density at radius 2 is 1.84 bits per heavy atom. The number of nitrogens with one attached hydrogen (secondary N) is 1. The van der Waals surface area contributed by atoms with Gasteiger partial charge in [-0.2, -0.15) is 0 Å². The van der Waals surface area contributed by atoms with Crippen LogP contribution in [0.15, 0.2) is 60.8 Å². The number of benzene rings is 3. The smallest absolute Gasteiger partial charge is 0.211 e. The molecule has 0 radical (unpaired) electrons. The van der Waals surface area contributed by atoms with E-state index in [9.17, 15) is 4.79 Å². The summed E-state index contributed by atoms with van der Waals surface area (Å²) >= 11 is 0. The lowest BCUT2D eigenvalue weighted by atomic mass is 9.92. The lowest BCUT2D eigenvalue weighted by Gasteiger charge is -2.16. The lowest BCUT2D eigenvalue weighted by molar-refractivity contribution is -0.105. The molecule has 0 saturated carbocycles. The van der Waals surface area contributed by atoms with Gasteiger partial charge in [0, 0.05) is 22.7 Å². The van der Waals surface area contributed by atoms with Crippen LogP contribution in [0.2, 0.25) is 0 Å². The van der Waals surface area contributed by atoms with Crippen LogP contribution in [0.4, 0.5) is 11.4 Å². The number of hydrogen-bond acceptors (Lipinski definition) is 3. The van der Waals surface area contributed by atoms with Crippen molar-refractivity contribution in [2.24, 2.45) is 0 Å². The second-order valence-electron chi connectivity index (χ2n) is 6.05. The van der Waals surface area contributed by atoms with Crippen molar-refractivity contribution in [3.05, 3.63) is 66.4 Å². The van der Waals surface area contributed by atoms with E-state index in [0.29, 0.717) is 12.1 Å². The Labute approximate surface area is 145 Å². The van der Waals surface area contributed by atoms with E-state index in [1.54, 1.807) is 0 Å². The fourth-order valence-corrected chi connectivity index (χ4v) is 3.38. The topological polar surface area (TPSA) is 68.0 Å². The summed E-state index contributed by atoms with van der Waals surface area (Å²) in [6.45, 7) is 2.10. The van der Waals surface area contributed by atoms with Gasteiger partial charge in [0.05, 0.1) is 11.2 Å². The molecular weight excluding hydrogens is 310 g/mol. The third-order valence-electron chi connectivity index (χ3n) is 4.55. The first-order valence-corrected chi connectivity index (χ1v) is 8.06. The van der Waals surface area contributed by atoms with Crippen LogP contribution in [-0.2, 0) is 4.79 Å². The molecule has 0 atom stereocenters. The number of hydrogen-bond donors (Lipinski definition) is 2. The van der Waals surface area contributed by atoms with Gasteiger partial charge in [-0.3, -0.25) is 9.78 Å². The first kappa shape index (κ1) is 15.1. The highest BCUT2D eigenvalue weighted by Crippen LogP contribution is 2.38. The summed E-state index contributed by atoms with van der Waals surface area (Å²) in [5.74, 6) is 0. The van der Waals surface area contributed by atoms with E-state index in [1.807, 2.05) is 48.7 Å². The van der Waals surface area contributed by atoms with Crippen molar-refractivity contribution in [3.63, 3.8) is 0 Å². The molecule has 1 heterocycles. The summed E-state index contributed by atoms with van der Waals surface area (Å²) < 4.78 is 0. The lowest BCUT2D eigenvalue weighted by Crippen LogP contribution is -1.99.